The zero-order chi connectivity index (χ0) is 13.2. The Labute approximate surface area is 111 Å². The van der Waals surface area contributed by atoms with Gasteiger partial charge in [0, 0.05) is 18.2 Å². The van der Waals surface area contributed by atoms with E-state index in [9.17, 15) is 9.18 Å². The summed E-state index contributed by atoms with van der Waals surface area (Å²) in [4.78, 5) is 12.0. The Morgan fingerprint density at radius 1 is 1.16 bits per heavy atom. The SMILES string of the molecule is O=C(/C=C1/N[C@H]2CCCC[C@H]2N1)c1ccccc1F. The van der Waals surface area contributed by atoms with E-state index in [1.807, 2.05) is 0 Å². The summed E-state index contributed by atoms with van der Waals surface area (Å²) < 4.78 is 13.5. The maximum atomic E-state index is 13.5. The third-order valence-electron chi connectivity index (χ3n) is 3.86. The highest BCUT2D eigenvalue weighted by molar-refractivity contribution is 6.05. The molecule has 2 atom stereocenters. The van der Waals surface area contributed by atoms with Crippen LogP contribution >= 0.6 is 0 Å². The predicted octanol–water partition coefficient (Wildman–Crippen LogP) is 2.35. The van der Waals surface area contributed by atoms with Gasteiger partial charge in [-0.1, -0.05) is 25.0 Å². The molecule has 1 saturated heterocycles. The first-order valence-corrected chi connectivity index (χ1v) is 6.77. The predicted molar refractivity (Wildman–Crippen MR) is 71.1 cm³/mol. The Morgan fingerprint density at radius 3 is 2.42 bits per heavy atom. The molecule has 1 aromatic rings. The van der Waals surface area contributed by atoms with Gasteiger partial charge in [-0.3, -0.25) is 4.79 Å². The van der Waals surface area contributed by atoms with E-state index < -0.39 is 5.82 Å². The highest BCUT2D eigenvalue weighted by Crippen LogP contribution is 2.24. The molecule has 100 valence electrons. The Kier molecular flexibility index (Phi) is 3.23. The van der Waals surface area contributed by atoms with Crippen LogP contribution < -0.4 is 10.6 Å². The number of allylic oxidation sites excluding steroid dienone is 1. The molecule has 2 aliphatic rings. The molecule has 4 heteroatoms. The largest absolute Gasteiger partial charge is 0.367 e. The number of benzene rings is 1. The van der Waals surface area contributed by atoms with Crippen LogP contribution in [0.2, 0.25) is 0 Å². The van der Waals surface area contributed by atoms with E-state index in [2.05, 4.69) is 10.6 Å². The van der Waals surface area contributed by atoms with Crippen molar-refractivity contribution in [1.29, 1.82) is 0 Å². The van der Waals surface area contributed by atoms with Crippen molar-refractivity contribution in [3.05, 3.63) is 47.5 Å². The monoisotopic (exact) mass is 260 g/mol. The van der Waals surface area contributed by atoms with Crippen LogP contribution in [-0.4, -0.2) is 17.9 Å². The number of carbonyl (C=O) groups excluding carboxylic acids is 1. The van der Waals surface area contributed by atoms with Crippen molar-refractivity contribution in [2.24, 2.45) is 0 Å². The number of nitrogens with one attached hydrogen (secondary N) is 2. The summed E-state index contributed by atoms with van der Waals surface area (Å²) in [5.41, 5.74) is 0.119. The molecule has 1 heterocycles. The summed E-state index contributed by atoms with van der Waals surface area (Å²) in [7, 11) is 0. The number of hydrogen-bond acceptors (Lipinski definition) is 3. The van der Waals surface area contributed by atoms with Gasteiger partial charge in [-0.05, 0) is 25.0 Å². The van der Waals surface area contributed by atoms with Crippen LogP contribution in [0.3, 0.4) is 0 Å². The van der Waals surface area contributed by atoms with Gasteiger partial charge in [0.1, 0.15) is 11.6 Å². The van der Waals surface area contributed by atoms with Gasteiger partial charge in [-0.25, -0.2) is 4.39 Å². The number of carbonyl (C=O) groups is 1. The van der Waals surface area contributed by atoms with Gasteiger partial charge in [-0.2, -0.15) is 0 Å². The van der Waals surface area contributed by atoms with Crippen LogP contribution in [0.4, 0.5) is 4.39 Å². The normalized spacial score (nSPS) is 27.5. The van der Waals surface area contributed by atoms with Gasteiger partial charge in [-0.15, -0.1) is 0 Å². The minimum Gasteiger partial charge on any atom is -0.367 e. The topological polar surface area (TPSA) is 41.1 Å². The fourth-order valence-corrected chi connectivity index (χ4v) is 2.87. The highest BCUT2D eigenvalue weighted by Gasteiger charge is 2.31. The quantitative estimate of drug-likeness (QED) is 0.633. The van der Waals surface area contributed by atoms with Crippen molar-refractivity contribution in [3.63, 3.8) is 0 Å². The molecule has 0 unspecified atom stereocenters. The fourth-order valence-electron chi connectivity index (χ4n) is 2.87. The third kappa shape index (κ3) is 2.48. The molecule has 0 aromatic heterocycles. The fraction of sp³-hybridized carbons (Fsp3) is 0.400. The second-order valence-electron chi connectivity index (χ2n) is 5.19. The van der Waals surface area contributed by atoms with Crippen LogP contribution in [-0.2, 0) is 0 Å². The maximum Gasteiger partial charge on any atom is 0.192 e. The van der Waals surface area contributed by atoms with Crippen LogP contribution in [0.15, 0.2) is 36.2 Å². The lowest BCUT2D eigenvalue weighted by Crippen LogP contribution is -2.36. The molecule has 3 rings (SSSR count). The number of hydrogen-bond donors (Lipinski definition) is 2. The van der Waals surface area contributed by atoms with E-state index in [4.69, 9.17) is 0 Å². The van der Waals surface area contributed by atoms with Gasteiger partial charge in [0.15, 0.2) is 5.78 Å². The number of halogens is 1. The van der Waals surface area contributed by atoms with Crippen LogP contribution in [0.25, 0.3) is 0 Å². The molecule has 2 N–H and O–H groups in total. The number of fused-ring (bicyclic) bond motifs is 1. The van der Waals surface area contributed by atoms with Gasteiger partial charge >= 0.3 is 0 Å². The zero-order valence-corrected chi connectivity index (χ0v) is 10.7. The van der Waals surface area contributed by atoms with Crippen molar-refractivity contribution in [3.8, 4) is 0 Å². The van der Waals surface area contributed by atoms with Gasteiger partial charge < -0.3 is 10.6 Å². The molecular weight excluding hydrogens is 243 g/mol. The zero-order valence-electron chi connectivity index (χ0n) is 10.7. The summed E-state index contributed by atoms with van der Waals surface area (Å²) in [6.45, 7) is 0. The second kappa shape index (κ2) is 5.03. The van der Waals surface area contributed by atoms with Crippen molar-refractivity contribution >= 4 is 5.78 Å². The smallest absolute Gasteiger partial charge is 0.192 e. The summed E-state index contributed by atoms with van der Waals surface area (Å²) in [6, 6.07) is 6.89. The summed E-state index contributed by atoms with van der Waals surface area (Å²) >= 11 is 0. The molecule has 3 nitrogen and oxygen atoms in total. The molecule has 0 radical (unpaired) electrons. The number of rotatable bonds is 2. The number of ketones is 1. The van der Waals surface area contributed by atoms with Crippen LogP contribution in [0.1, 0.15) is 36.0 Å². The lowest BCUT2D eigenvalue weighted by Gasteiger charge is -2.23. The maximum absolute atomic E-state index is 13.5. The van der Waals surface area contributed by atoms with E-state index >= 15 is 0 Å². The second-order valence-corrected chi connectivity index (χ2v) is 5.19. The average Bonchev–Trinajstić information content (AvgIpc) is 2.81. The van der Waals surface area contributed by atoms with Gasteiger partial charge in [0.25, 0.3) is 0 Å². The molecule has 1 aromatic carbocycles. The van der Waals surface area contributed by atoms with Gasteiger partial charge in [0.2, 0.25) is 0 Å². The highest BCUT2D eigenvalue weighted by atomic mass is 19.1. The first-order chi connectivity index (χ1) is 9.24. The molecule has 19 heavy (non-hydrogen) atoms. The molecule has 1 aliphatic carbocycles. The molecule has 0 amide bonds. The molecule has 1 saturated carbocycles. The van der Waals surface area contributed by atoms with E-state index in [-0.39, 0.29) is 11.3 Å². The lowest BCUT2D eigenvalue weighted by molar-refractivity contribution is 0.104. The van der Waals surface area contributed by atoms with Gasteiger partial charge in [0.05, 0.1) is 5.56 Å². The standard InChI is InChI=1S/C15H17FN2O/c16-11-6-2-1-5-10(11)14(19)9-15-17-12-7-3-4-8-13(12)18-15/h1-2,5-6,9,12-13,17-18H,3-4,7-8H2/b15-9-/t12-,13+/m0/s1. The Bertz CT molecular complexity index is 511. The van der Waals surface area contributed by atoms with Crippen LogP contribution in [0.5, 0.6) is 0 Å². The average molecular weight is 260 g/mol. The first-order valence-electron chi connectivity index (χ1n) is 6.77. The first kappa shape index (κ1) is 12.2. The molecular formula is C15H17FN2O. The van der Waals surface area contributed by atoms with Crippen molar-refractivity contribution in [2.75, 3.05) is 0 Å². The van der Waals surface area contributed by atoms with E-state index in [1.54, 1.807) is 12.1 Å². The van der Waals surface area contributed by atoms with Crippen molar-refractivity contribution in [2.45, 2.75) is 37.8 Å². The minimum atomic E-state index is -0.472. The van der Waals surface area contributed by atoms with E-state index in [1.165, 1.54) is 31.1 Å². The minimum absolute atomic E-state index is 0.119. The third-order valence-corrected chi connectivity index (χ3v) is 3.86. The van der Waals surface area contributed by atoms with Crippen molar-refractivity contribution in [1.82, 2.24) is 10.6 Å². The van der Waals surface area contributed by atoms with E-state index in [0.29, 0.717) is 12.1 Å². The molecule has 0 spiro atoms. The Morgan fingerprint density at radius 2 is 1.79 bits per heavy atom. The summed E-state index contributed by atoms with van der Waals surface area (Å²) in [6.07, 6.45) is 6.18. The van der Waals surface area contributed by atoms with Crippen molar-refractivity contribution < 1.29 is 9.18 Å². The Balaban J connectivity index is 1.76. The van der Waals surface area contributed by atoms with Crippen LogP contribution in [0, 0.1) is 5.82 Å². The van der Waals surface area contributed by atoms with E-state index in [0.717, 1.165) is 18.7 Å². The summed E-state index contributed by atoms with van der Waals surface area (Å²) in [5.74, 6) is -0.0448. The summed E-state index contributed by atoms with van der Waals surface area (Å²) in [5, 5.41) is 6.64. The lowest BCUT2D eigenvalue weighted by atomic mass is 9.92. The molecule has 1 aliphatic heterocycles. The molecule has 0 bridgehead atoms. The molecule has 2 fully saturated rings. The Hall–Kier alpha value is -1.84.